The van der Waals surface area contributed by atoms with Crippen molar-refractivity contribution in [2.24, 2.45) is 10.7 Å². The molecule has 32 heavy (non-hydrogen) atoms. The molecular weight excluding hydrogens is 426 g/mol. The van der Waals surface area contributed by atoms with Crippen LogP contribution in [0.1, 0.15) is 35.1 Å². The average Bonchev–Trinajstić information content (AvgIpc) is 2.82. The Morgan fingerprint density at radius 1 is 1.31 bits per heavy atom. The fourth-order valence-corrected chi connectivity index (χ4v) is 3.84. The zero-order chi connectivity index (χ0) is 23.1. The molecule has 4 N–H and O–H groups in total. The van der Waals surface area contributed by atoms with Crippen molar-refractivity contribution in [3.63, 3.8) is 0 Å². The minimum atomic E-state index is 0.134. The van der Waals surface area contributed by atoms with Crippen LogP contribution in [-0.2, 0) is 6.54 Å². The molecule has 0 amide bonds. The molecule has 0 fully saturated rings. The lowest BCUT2D eigenvalue weighted by Gasteiger charge is -2.29. The predicted octanol–water partition coefficient (Wildman–Crippen LogP) is 3.47. The minimum absolute atomic E-state index is 0.134. The molecule has 0 radical (unpaired) electrons. The Kier molecular flexibility index (Phi) is 7.87. The number of aliphatic hydroxyl groups is 1. The largest absolute Gasteiger partial charge is 0.495 e. The van der Waals surface area contributed by atoms with Gasteiger partial charge in [-0.3, -0.25) is 10.4 Å². The van der Waals surface area contributed by atoms with Gasteiger partial charge in [-0.15, -0.1) is 0 Å². The first-order valence-electron chi connectivity index (χ1n) is 10.3. The van der Waals surface area contributed by atoms with E-state index in [1.165, 1.54) is 5.57 Å². The van der Waals surface area contributed by atoms with E-state index in [-0.39, 0.29) is 12.4 Å². The van der Waals surface area contributed by atoms with Crippen molar-refractivity contribution in [2.75, 3.05) is 26.8 Å². The first-order valence-corrected chi connectivity index (χ1v) is 10.6. The molecule has 0 aromatic heterocycles. The number of methoxy groups -OCH3 is 1. The summed E-state index contributed by atoms with van der Waals surface area (Å²) in [5.74, 6) is 1.17. The maximum absolute atomic E-state index is 9.34. The van der Waals surface area contributed by atoms with E-state index < -0.39 is 0 Å². The number of hydrogen-bond donors (Lipinski definition) is 3. The van der Waals surface area contributed by atoms with Gasteiger partial charge in [-0.2, -0.15) is 5.26 Å². The van der Waals surface area contributed by atoms with Gasteiger partial charge in [0.1, 0.15) is 17.4 Å². The number of halogens is 1. The van der Waals surface area contributed by atoms with Crippen molar-refractivity contribution in [1.82, 2.24) is 4.90 Å². The Labute approximate surface area is 192 Å². The van der Waals surface area contributed by atoms with E-state index in [0.717, 1.165) is 12.0 Å². The summed E-state index contributed by atoms with van der Waals surface area (Å²) in [4.78, 5) is 6.44. The van der Waals surface area contributed by atoms with Crippen LogP contribution in [0.3, 0.4) is 0 Å². The van der Waals surface area contributed by atoms with Gasteiger partial charge >= 0.3 is 0 Å². The van der Waals surface area contributed by atoms with E-state index >= 15 is 0 Å². The molecule has 1 heterocycles. The second kappa shape index (κ2) is 10.8. The molecule has 0 spiro atoms. The van der Waals surface area contributed by atoms with Crippen LogP contribution < -0.4 is 10.5 Å². The number of aliphatic hydroxyl groups excluding tert-OH is 1. The summed E-state index contributed by atoms with van der Waals surface area (Å²) >= 11 is 6.19. The van der Waals surface area contributed by atoms with Gasteiger partial charge in [0, 0.05) is 30.8 Å². The smallest absolute Gasteiger partial charge is 0.137 e. The maximum atomic E-state index is 9.34. The zero-order valence-corrected chi connectivity index (χ0v) is 18.7. The molecule has 166 valence electrons. The molecule has 0 saturated carbocycles. The Balaban J connectivity index is 1.85. The number of nitrogens with zero attached hydrogens (tertiary/aromatic N) is 3. The Morgan fingerprint density at radius 2 is 2.12 bits per heavy atom. The number of nitrogens with one attached hydrogen (secondary N) is 1. The second-order valence-electron chi connectivity index (χ2n) is 7.42. The number of rotatable bonds is 7. The molecular formula is C24H26ClN5O2. The van der Waals surface area contributed by atoms with Crippen molar-refractivity contribution >= 4 is 23.3 Å². The van der Waals surface area contributed by atoms with Crippen LogP contribution in [0.2, 0.25) is 5.02 Å². The Bertz CT molecular complexity index is 1100. The maximum Gasteiger partial charge on any atom is 0.137 e. The van der Waals surface area contributed by atoms with Gasteiger partial charge in [0.15, 0.2) is 0 Å². The van der Waals surface area contributed by atoms with E-state index in [9.17, 15) is 5.26 Å². The topological polar surface area (TPSA) is 119 Å². The quantitative estimate of drug-likeness (QED) is 0.338. The van der Waals surface area contributed by atoms with Crippen LogP contribution in [-0.4, -0.2) is 48.5 Å². The molecule has 0 bridgehead atoms. The summed E-state index contributed by atoms with van der Waals surface area (Å²) in [5, 5.41) is 27.7. The van der Waals surface area contributed by atoms with E-state index in [2.05, 4.69) is 17.1 Å². The fraction of sp³-hybridized carbons (Fsp3) is 0.292. The van der Waals surface area contributed by atoms with Crippen LogP contribution in [0.15, 0.2) is 53.0 Å². The van der Waals surface area contributed by atoms with Crippen LogP contribution in [0.25, 0.3) is 0 Å². The van der Waals surface area contributed by atoms with Gasteiger partial charge in [-0.25, -0.2) is 0 Å². The minimum Gasteiger partial charge on any atom is -0.495 e. The van der Waals surface area contributed by atoms with Crippen molar-refractivity contribution in [1.29, 1.82) is 10.7 Å². The molecule has 2 aromatic carbocycles. The highest BCUT2D eigenvalue weighted by Gasteiger charge is 2.20. The van der Waals surface area contributed by atoms with Gasteiger partial charge in [-0.1, -0.05) is 29.3 Å². The van der Waals surface area contributed by atoms with Crippen LogP contribution in [0, 0.1) is 16.7 Å². The van der Waals surface area contributed by atoms with E-state index in [1.54, 1.807) is 37.4 Å². The lowest BCUT2D eigenvalue weighted by Crippen LogP contribution is -2.36. The van der Waals surface area contributed by atoms with E-state index in [4.69, 9.17) is 32.6 Å². The zero-order valence-electron chi connectivity index (χ0n) is 17.9. The van der Waals surface area contributed by atoms with Gasteiger partial charge in [0.05, 0.1) is 30.3 Å². The standard InChI is InChI=1S/C24H26ClN5O2/c1-32-22-5-3-18(13-21(22)25)15-29-23(27)20-12-17(14-26)2-4-19(20)24(28)30-9-6-16(7-10-30)8-11-31/h2-6,12-13,28,31H,7-11,15H2,1H3,(H2,27,29). The van der Waals surface area contributed by atoms with Crippen molar-refractivity contribution in [3.8, 4) is 11.8 Å². The lowest BCUT2D eigenvalue weighted by atomic mass is 9.99. The number of ether oxygens (including phenoxy) is 1. The molecule has 0 unspecified atom stereocenters. The molecule has 1 aliphatic heterocycles. The highest BCUT2D eigenvalue weighted by atomic mass is 35.5. The van der Waals surface area contributed by atoms with Crippen molar-refractivity contribution < 1.29 is 9.84 Å². The van der Waals surface area contributed by atoms with Gasteiger partial charge < -0.3 is 20.5 Å². The number of hydrogen-bond acceptors (Lipinski definition) is 5. The monoisotopic (exact) mass is 451 g/mol. The second-order valence-corrected chi connectivity index (χ2v) is 7.83. The third kappa shape index (κ3) is 5.47. The number of nitrogens with two attached hydrogens (primary N) is 1. The summed E-state index contributed by atoms with van der Waals surface area (Å²) in [5.41, 5.74) is 10.0. The van der Waals surface area contributed by atoms with Gasteiger partial charge in [-0.05, 0) is 48.7 Å². The lowest BCUT2D eigenvalue weighted by molar-refractivity contribution is 0.294. The summed E-state index contributed by atoms with van der Waals surface area (Å²) < 4.78 is 5.17. The summed E-state index contributed by atoms with van der Waals surface area (Å²) in [6.07, 6.45) is 3.52. The average molecular weight is 452 g/mol. The fourth-order valence-electron chi connectivity index (χ4n) is 3.56. The highest BCUT2D eigenvalue weighted by Crippen LogP contribution is 2.25. The van der Waals surface area contributed by atoms with Gasteiger partial charge in [0.25, 0.3) is 0 Å². The first kappa shape index (κ1) is 23.3. The molecule has 8 heteroatoms. The number of nitriles is 1. The molecule has 0 atom stereocenters. The molecule has 7 nitrogen and oxygen atoms in total. The van der Waals surface area contributed by atoms with Crippen LogP contribution in [0.4, 0.5) is 0 Å². The third-order valence-electron chi connectivity index (χ3n) is 5.38. The predicted molar refractivity (Wildman–Crippen MR) is 126 cm³/mol. The Hall–Kier alpha value is -3.34. The summed E-state index contributed by atoms with van der Waals surface area (Å²) in [6, 6.07) is 12.6. The molecule has 0 saturated heterocycles. The van der Waals surface area contributed by atoms with Crippen molar-refractivity contribution in [3.05, 3.63) is 75.3 Å². The van der Waals surface area contributed by atoms with E-state index in [1.807, 2.05) is 11.0 Å². The van der Waals surface area contributed by atoms with Gasteiger partial charge in [0.2, 0.25) is 0 Å². The van der Waals surface area contributed by atoms with E-state index in [0.29, 0.717) is 59.4 Å². The Morgan fingerprint density at radius 3 is 2.75 bits per heavy atom. The summed E-state index contributed by atoms with van der Waals surface area (Å²) in [6.45, 7) is 1.71. The molecule has 3 rings (SSSR count). The van der Waals surface area contributed by atoms with Crippen molar-refractivity contribution in [2.45, 2.75) is 19.4 Å². The number of aliphatic imine (C=N–C) groups is 1. The van der Waals surface area contributed by atoms with Crippen LogP contribution >= 0.6 is 11.6 Å². The van der Waals surface area contributed by atoms with Crippen LogP contribution in [0.5, 0.6) is 5.75 Å². The SMILES string of the molecule is COc1ccc(CN=C(N)c2cc(C#N)ccc2C(=N)N2CC=C(CCO)CC2)cc1Cl. The normalized spacial score (nSPS) is 14.0. The molecule has 2 aromatic rings. The molecule has 1 aliphatic rings. The first-order chi connectivity index (χ1) is 15.5. The number of amidine groups is 2. The summed E-state index contributed by atoms with van der Waals surface area (Å²) in [7, 11) is 1.56. The molecule has 0 aliphatic carbocycles. The highest BCUT2D eigenvalue weighted by molar-refractivity contribution is 6.32. The third-order valence-corrected chi connectivity index (χ3v) is 5.68. The number of benzene rings is 2.